The van der Waals surface area contributed by atoms with Crippen molar-refractivity contribution in [3.63, 3.8) is 0 Å². The van der Waals surface area contributed by atoms with Gasteiger partial charge in [0.15, 0.2) is 6.10 Å². The molecule has 0 bridgehead atoms. The maximum atomic E-state index is 12.9. The molecule has 1 unspecified atom stereocenters. The summed E-state index contributed by atoms with van der Waals surface area (Å²) in [7, 11) is 0. The fraction of sp³-hybridized carbons (Fsp3) is 0.747. The topological polar surface area (TPSA) is 78.9 Å². The first-order chi connectivity index (χ1) is 40.0. The van der Waals surface area contributed by atoms with Crippen molar-refractivity contribution >= 4 is 17.9 Å². The summed E-state index contributed by atoms with van der Waals surface area (Å²) in [5.41, 5.74) is 0. The van der Waals surface area contributed by atoms with Gasteiger partial charge in [0.2, 0.25) is 0 Å². The van der Waals surface area contributed by atoms with E-state index in [1.54, 1.807) is 0 Å². The summed E-state index contributed by atoms with van der Waals surface area (Å²) in [4.78, 5) is 38.4. The van der Waals surface area contributed by atoms with Gasteiger partial charge >= 0.3 is 17.9 Å². The lowest BCUT2D eigenvalue weighted by molar-refractivity contribution is -0.167. The Kier molecular flexibility index (Phi) is 65.7. The Balaban J connectivity index is 4.29. The van der Waals surface area contributed by atoms with E-state index in [9.17, 15) is 14.4 Å². The van der Waals surface area contributed by atoms with Crippen molar-refractivity contribution in [2.24, 2.45) is 0 Å². The van der Waals surface area contributed by atoms with Gasteiger partial charge in [-0.05, 0) is 122 Å². The maximum absolute atomic E-state index is 12.9. The van der Waals surface area contributed by atoms with E-state index in [-0.39, 0.29) is 31.1 Å². The zero-order valence-corrected chi connectivity index (χ0v) is 53.5. The van der Waals surface area contributed by atoms with Crippen LogP contribution in [0.3, 0.4) is 0 Å². The number of unbranched alkanes of at least 4 members (excludes halogenated alkanes) is 36. The number of hydrogen-bond donors (Lipinski definition) is 0. The third-order valence-corrected chi connectivity index (χ3v) is 15.0. The molecule has 1 atom stereocenters. The van der Waals surface area contributed by atoms with Gasteiger partial charge in [0.1, 0.15) is 13.2 Å². The van der Waals surface area contributed by atoms with Gasteiger partial charge in [0.25, 0.3) is 0 Å². The Labute approximate surface area is 502 Å². The van der Waals surface area contributed by atoms with E-state index in [0.29, 0.717) is 19.3 Å². The largest absolute Gasteiger partial charge is 0.462 e. The van der Waals surface area contributed by atoms with Crippen LogP contribution in [0.25, 0.3) is 0 Å². The Hall–Kier alpha value is -3.67. The third-order valence-electron chi connectivity index (χ3n) is 15.0. The molecular weight excluding hydrogens is 997 g/mol. The van der Waals surface area contributed by atoms with Gasteiger partial charge < -0.3 is 14.2 Å². The van der Waals surface area contributed by atoms with Gasteiger partial charge in [-0.25, -0.2) is 0 Å². The van der Waals surface area contributed by atoms with Crippen molar-refractivity contribution in [2.75, 3.05) is 13.2 Å². The van der Waals surface area contributed by atoms with Crippen LogP contribution in [-0.4, -0.2) is 37.2 Å². The Bertz CT molecular complexity index is 1580. The molecule has 0 amide bonds. The average Bonchev–Trinajstić information content (AvgIpc) is 3.47. The second kappa shape index (κ2) is 68.8. The van der Waals surface area contributed by atoms with Crippen molar-refractivity contribution in [3.8, 4) is 0 Å². The molecule has 0 fully saturated rings. The van der Waals surface area contributed by atoms with Crippen LogP contribution in [0.2, 0.25) is 0 Å². The Morgan fingerprint density at radius 1 is 0.259 bits per heavy atom. The molecule has 6 nitrogen and oxygen atoms in total. The minimum absolute atomic E-state index is 0.0837. The lowest BCUT2D eigenvalue weighted by atomic mass is 10.0. The van der Waals surface area contributed by atoms with E-state index < -0.39 is 6.10 Å². The van der Waals surface area contributed by atoms with Crippen LogP contribution in [0.4, 0.5) is 0 Å². The summed E-state index contributed by atoms with van der Waals surface area (Å²) < 4.78 is 17.0. The minimum Gasteiger partial charge on any atom is -0.462 e. The number of hydrogen-bond acceptors (Lipinski definition) is 6. The lowest BCUT2D eigenvalue weighted by Crippen LogP contribution is -2.30. The summed E-state index contributed by atoms with van der Waals surface area (Å²) >= 11 is 0. The van der Waals surface area contributed by atoms with Crippen LogP contribution in [-0.2, 0) is 28.6 Å². The minimum atomic E-state index is -0.789. The number of carbonyl (C=O) groups excluding carboxylic acids is 3. The summed E-state index contributed by atoms with van der Waals surface area (Å²) in [6.45, 7) is 6.51. The highest BCUT2D eigenvalue weighted by Gasteiger charge is 2.19. The molecular formula is C75H130O6. The van der Waals surface area contributed by atoms with Crippen molar-refractivity contribution in [2.45, 2.75) is 348 Å². The van der Waals surface area contributed by atoms with E-state index in [2.05, 4.69) is 118 Å². The Morgan fingerprint density at radius 3 is 0.778 bits per heavy atom. The molecule has 0 aromatic rings. The molecule has 0 aliphatic rings. The van der Waals surface area contributed by atoms with Crippen molar-refractivity contribution < 1.29 is 28.6 Å². The Morgan fingerprint density at radius 2 is 0.481 bits per heavy atom. The first-order valence-corrected chi connectivity index (χ1v) is 34.7. The van der Waals surface area contributed by atoms with E-state index in [1.807, 2.05) is 0 Å². The highest BCUT2D eigenvalue weighted by molar-refractivity contribution is 5.71. The predicted molar refractivity (Wildman–Crippen MR) is 353 cm³/mol. The molecule has 0 aromatic heterocycles. The molecule has 466 valence electrons. The van der Waals surface area contributed by atoms with Crippen LogP contribution < -0.4 is 0 Å². The number of esters is 3. The number of allylic oxidation sites excluding steroid dienone is 16. The normalized spacial score (nSPS) is 12.7. The quantitative estimate of drug-likeness (QED) is 0.0261. The summed E-state index contributed by atoms with van der Waals surface area (Å²) in [5.74, 6) is -0.892. The van der Waals surface area contributed by atoms with Gasteiger partial charge in [-0.3, -0.25) is 14.4 Å². The zero-order valence-electron chi connectivity index (χ0n) is 53.5. The number of ether oxygens (including phenoxy) is 3. The van der Waals surface area contributed by atoms with E-state index >= 15 is 0 Å². The van der Waals surface area contributed by atoms with Gasteiger partial charge in [0.05, 0.1) is 0 Å². The molecule has 0 saturated carbocycles. The molecule has 0 radical (unpaired) electrons. The molecule has 0 aromatic carbocycles. The molecule has 0 heterocycles. The van der Waals surface area contributed by atoms with Crippen molar-refractivity contribution in [1.82, 2.24) is 0 Å². The highest BCUT2D eigenvalue weighted by atomic mass is 16.6. The third kappa shape index (κ3) is 67.0. The van der Waals surface area contributed by atoms with Gasteiger partial charge in [0, 0.05) is 19.3 Å². The number of carbonyl (C=O) groups is 3. The first-order valence-electron chi connectivity index (χ1n) is 34.7. The summed E-state index contributed by atoms with van der Waals surface area (Å²) in [6, 6.07) is 0. The molecule has 0 N–H and O–H groups in total. The lowest BCUT2D eigenvalue weighted by Gasteiger charge is -2.18. The molecule has 0 aliphatic carbocycles. The molecule has 0 rings (SSSR count). The smallest absolute Gasteiger partial charge is 0.306 e. The van der Waals surface area contributed by atoms with Crippen LogP contribution in [0, 0.1) is 0 Å². The van der Waals surface area contributed by atoms with Crippen LogP contribution >= 0.6 is 0 Å². The summed E-state index contributed by atoms with van der Waals surface area (Å²) in [5, 5.41) is 0. The SMILES string of the molecule is CC/C=C\C/C=C\C/C=C\CCCCCCCC(=O)OCC(COC(=O)CCCCCCCCCCCCCCCC/C=C\C/C=C\C/C=C\CCCCCCC)OC(=O)CCCCCCCCCCC/C=C\C/C=C\CCCCC. The molecule has 81 heavy (non-hydrogen) atoms. The second-order valence-electron chi connectivity index (χ2n) is 23.1. The van der Waals surface area contributed by atoms with Crippen LogP contribution in [0.5, 0.6) is 0 Å². The zero-order chi connectivity index (χ0) is 58.5. The van der Waals surface area contributed by atoms with E-state index in [0.717, 1.165) is 116 Å². The molecule has 0 saturated heterocycles. The molecule has 0 aliphatic heterocycles. The molecule has 0 spiro atoms. The highest BCUT2D eigenvalue weighted by Crippen LogP contribution is 2.17. The number of rotatable bonds is 63. The van der Waals surface area contributed by atoms with Gasteiger partial charge in [-0.2, -0.15) is 0 Å². The first kappa shape index (κ1) is 77.3. The van der Waals surface area contributed by atoms with Gasteiger partial charge in [-0.1, -0.05) is 298 Å². The summed E-state index contributed by atoms with van der Waals surface area (Å²) in [6.07, 6.45) is 92.8. The standard InChI is InChI=1S/C75H130O6/c1-4-7-10-13-16-19-22-25-28-30-32-33-34-35-36-37-38-39-40-41-43-44-47-50-53-56-59-62-65-68-74(77)80-71-72(70-79-73(76)67-64-61-58-55-52-49-46-27-24-21-18-15-12-9-6-3)81-75(78)69-66-63-60-57-54-51-48-45-42-31-29-26-23-20-17-14-11-8-5-2/h9,12,17-18,20-22,25-27,29-30,32,34-35,46,72H,4-8,10-11,13-16,19,23-24,28,31,33,36-45,47-71H2,1-3H3/b12-9-,20-17-,21-18-,25-22-,29-26-,32-30-,35-34-,46-27-. The van der Waals surface area contributed by atoms with E-state index in [4.69, 9.17) is 14.2 Å². The molecule has 6 heteroatoms. The fourth-order valence-electron chi connectivity index (χ4n) is 9.85. The van der Waals surface area contributed by atoms with Crippen LogP contribution in [0.15, 0.2) is 97.2 Å². The predicted octanol–water partition coefficient (Wildman–Crippen LogP) is 24.0. The second-order valence-corrected chi connectivity index (χ2v) is 23.1. The average molecular weight is 1130 g/mol. The van der Waals surface area contributed by atoms with Crippen LogP contribution in [0.1, 0.15) is 342 Å². The monoisotopic (exact) mass is 1130 g/mol. The van der Waals surface area contributed by atoms with E-state index in [1.165, 1.54) is 186 Å². The van der Waals surface area contributed by atoms with Crippen molar-refractivity contribution in [1.29, 1.82) is 0 Å². The fourth-order valence-corrected chi connectivity index (χ4v) is 9.85. The van der Waals surface area contributed by atoms with Crippen molar-refractivity contribution in [3.05, 3.63) is 97.2 Å². The maximum Gasteiger partial charge on any atom is 0.306 e. The van der Waals surface area contributed by atoms with Gasteiger partial charge in [-0.15, -0.1) is 0 Å².